The highest BCUT2D eigenvalue weighted by atomic mass is 32.2. The van der Waals surface area contributed by atoms with E-state index in [0.29, 0.717) is 11.3 Å². The van der Waals surface area contributed by atoms with E-state index in [9.17, 15) is 19.2 Å². The molecule has 0 aliphatic carbocycles. The summed E-state index contributed by atoms with van der Waals surface area (Å²) in [6.07, 6.45) is 3.09. The molecule has 2 fully saturated rings. The van der Waals surface area contributed by atoms with Gasteiger partial charge >= 0.3 is 11.9 Å². The summed E-state index contributed by atoms with van der Waals surface area (Å²) in [6, 6.07) is -0.957. The van der Waals surface area contributed by atoms with Gasteiger partial charge in [0.05, 0.1) is 5.41 Å². The van der Waals surface area contributed by atoms with Crippen LogP contribution in [0.1, 0.15) is 32.9 Å². The Balaban J connectivity index is 1.52. The van der Waals surface area contributed by atoms with Gasteiger partial charge in [0.25, 0.3) is 17.6 Å². The van der Waals surface area contributed by atoms with Crippen LogP contribution < -0.4 is 11.1 Å². The maximum Gasteiger partial charge on any atom is 0.358 e. The van der Waals surface area contributed by atoms with Crippen LogP contribution in [0, 0.1) is 5.41 Å². The predicted molar refractivity (Wildman–Crippen MR) is 140 cm³/mol. The number of aromatic nitrogens is 1. The maximum absolute atomic E-state index is 13.3. The third-order valence-electron chi connectivity index (χ3n) is 5.98. The molecule has 38 heavy (non-hydrogen) atoms. The van der Waals surface area contributed by atoms with Crippen molar-refractivity contribution in [1.29, 1.82) is 0 Å². The Morgan fingerprint density at radius 1 is 1.37 bits per heavy atom. The van der Waals surface area contributed by atoms with Crippen molar-refractivity contribution in [1.82, 2.24) is 15.2 Å². The molecule has 0 aromatic carbocycles. The number of ether oxygens (including phenoxy) is 2. The summed E-state index contributed by atoms with van der Waals surface area (Å²) in [5, 5.41) is 7.67. The lowest BCUT2D eigenvalue weighted by molar-refractivity contribution is -0.206. The van der Waals surface area contributed by atoms with E-state index >= 15 is 0 Å². The van der Waals surface area contributed by atoms with Gasteiger partial charge < -0.3 is 25.4 Å². The molecule has 0 saturated carbocycles. The second-order valence-corrected chi connectivity index (χ2v) is 11.5. The molecule has 4 heterocycles. The van der Waals surface area contributed by atoms with E-state index in [1.807, 2.05) is 0 Å². The molecule has 4 rings (SSSR count). The van der Waals surface area contributed by atoms with Crippen LogP contribution in [0.15, 0.2) is 47.1 Å². The van der Waals surface area contributed by atoms with Gasteiger partial charge in [0.15, 0.2) is 10.8 Å². The zero-order chi connectivity index (χ0) is 27.8. The lowest BCUT2D eigenvalue weighted by Gasteiger charge is -2.49. The van der Waals surface area contributed by atoms with Crippen molar-refractivity contribution in [2.75, 3.05) is 18.1 Å². The predicted octanol–water partition coefficient (Wildman–Crippen LogP) is 1.70. The minimum absolute atomic E-state index is 0.00305. The monoisotopic (exact) mass is 561 g/mol. The van der Waals surface area contributed by atoms with Crippen molar-refractivity contribution < 1.29 is 33.5 Å². The van der Waals surface area contributed by atoms with E-state index in [-0.39, 0.29) is 35.3 Å². The summed E-state index contributed by atoms with van der Waals surface area (Å²) in [4.78, 5) is 62.2. The highest BCUT2D eigenvalue weighted by Gasteiger charge is 2.57. The number of allylic oxidation sites excluding steroid dienone is 1. The summed E-state index contributed by atoms with van der Waals surface area (Å²) >= 11 is 2.46. The number of nitrogen functional groups attached to an aromatic ring is 1. The summed E-state index contributed by atoms with van der Waals surface area (Å²) < 4.78 is 11.0. The number of rotatable bonds is 9. The number of amides is 2. The Labute approximate surface area is 226 Å². The smallest absolute Gasteiger partial charge is 0.358 e. The number of hydrogen-bond acceptors (Lipinski definition) is 12. The average molecular weight is 562 g/mol. The molecule has 3 N–H and O–H groups in total. The lowest BCUT2D eigenvalue weighted by Crippen LogP contribution is -2.71. The van der Waals surface area contributed by atoms with Crippen LogP contribution in [0.25, 0.3) is 0 Å². The minimum Gasteiger partial charge on any atom is -0.422 e. The zero-order valence-corrected chi connectivity index (χ0v) is 22.6. The molecule has 1 aromatic rings. The molecule has 0 bridgehead atoms. The van der Waals surface area contributed by atoms with Crippen LogP contribution in [-0.4, -0.2) is 68.9 Å². The SMILES string of the molecule is C=CCON=C(C(=O)NC1C(=O)N2C(C(=O)OC3(C)CC(C)(C)C(=O)O3)=C(C=C)CS[C@H]12)c1csc(N)n1. The van der Waals surface area contributed by atoms with Crippen molar-refractivity contribution >= 4 is 57.7 Å². The fourth-order valence-electron chi connectivity index (χ4n) is 4.30. The summed E-state index contributed by atoms with van der Waals surface area (Å²) in [7, 11) is 0. The third-order valence-corrected chi connectivity index (χ3v) is 7.96. The number of β-lactam (4-membered cyclic amide) rings is 1. The molecule has 2 unspecified atom stereocenters. The number of fused-ring (bicyclic) bond motifs is 1. The van der Waals surface area contributed by atoms with E-state index in [4.69, 9.17) is 20.0 Å². The topological polar surface area (TPSA) is 163 Å². The average Bonchev–Trinajstić information content (AvgIpc) is 3.37. The molecule has 3 atom stereocenters. The number of cyclic esters (lactones) is 1. The number of carbonyl (C=O) groups is 4. The van der Waals surface area contributed by atoms with Gasteiger partial charge in [0, 0.05) is 24.5 Å². The molecular weight excluding hydrogens is 534 g/mol. The molecule has 3 aliphatic rings. The first kappa shape index (κ1) is 27.4. The van der Waals surface area contributed by atoms with E-state index in [2.05, 4.69) is 28.6 Å². The van der Waals surface area contributed by atoms with E-state index in [0.717, 1.165) is 11.3 Å². The fraction of sp³-hybridized carbons (Fsp3) is 0.417. The number of thioether (sulfide) groups is 1. The molecular formula is C24H27N5O7S2. The van der Waals surface area contributed by atoms with E-state index in [1.54, 1.807) is 19.2 Å². The van der Waals surface area contributed by atoms with E-state index in [1.165, 1.54) is 35.7 Å². The zero-order valence-electron chi connectivity index (χ0n) is 21.0. The van der Waals surface area contributed by atoms with Crippen LogP contribution in [0.3, 0.4) is 0 Å². The Hall–Kier alpha value is -3.65. The first-order chi connectivity index (χ1) is 17.9. The molecule has 2 amide bonds. The molecule has 14 heteroatoms. The molecule has 12 nitrogen and oxygen atoms in total. The van der Waals surface area contributed by atoms with Crippen molar-refractivity contribution in [2.45, 2.75) is 44.4 Å². The van der Waals surface area contributed by atoms with Crippen molar-refractivity contribution in [3.8, 4) is 0 Å². The summed E-state index contributed by atoms with van der Waals surface area (Å²) in [5.41, 5.74) is 5.38. The van der Waals surface area contributed by atoms with Gasteiger partial charge in [-0.05, 0) is 19.4 Å². The number of anilines is 1. The van der Waals surface area contributed by atoms with Crippen LogP contribution in [0.4, 0.5) is 5.13 Å². The van der Waals surface area contributed by atoms with Crippen LogP contribution in [-0.2, 0) is 33.5 Å². The molecule has 202 valence electrons. The standard InChI is InChI=1S/C24H27N5O7S2/c1-6-8-34-28-14(13-10-38-22(25)26-13)17(30)27-15-18(31)29-16(12(7-2)9-37-19(15)29)20(32)35-24(5)11-23(3,4)21(33)36-24/h6-7,10,15,19H,1-2,8-9,11H2,3-5H3,(H2,25,26)(H,27,30)/t15?,19-,24?/m1/s1. The number of carbonyl (C=O) groups excluding carboxylic acids is 4. The van der Waals surface area contributed by atoms with Gasteiger partial charge in [-0.2, -0.15) is 0 Å². The second kappa shape index (κ2) is 10.3. The third kappa shape index (κ3) is 5.05. The van der Waals surface area contributed by atoms with Gasteiger partial charge in [0.1, 0.15) is 29.4 Å². The molecule has 3 aliphatic heterocycles. The van der Waals surface area contributed by atoms with Crippen LogP contribution in [0.5, 0.6) is 0 Å². The molecule has 0 spiro atoms. The van der Waals surface area contributed by atoms with Gasteiger partial charge in [-0.25, -0.2) is 9.78 Å². The molecule has 0 radical (unpaired) electrons. The van der Waals surface area contributed by atoms with Crippen molar-refractivity contribution in [3.05, 3.63) is 47.7 Å². The maximum atomic E-state index is 13.3. The van der Waals surface area contributed by atoms with E-state index < -0.39 is 46.4 Å². The van der Waals surface area contributed by atoms with Crippen molar-refractivity contribution in [2.24, 2.45) is 10.6 Å². The number of thiazole rings is 1. The highest BCUT2D eigenvalue weighted by molar-refractivity contribution is 8.00. The second-order valence-electron chi connectivity index (χ2n) is 9.51. The summed E-state index contributed by atoms with van der Waals surface area (Å²) in [5.74, 6) is -3.68. The number of nitrogens with two attached hydrogens (primary N) is 1. The molecule has 2 saturated heterocycles. The number of nitrogens with zero attached hydrogens (tertiary/aromatic N) is 3. The minimum atomic E-state index is -1.48. The largest absolute Gasteiger partial charge is 0.422 e. The van der Waals surface area contributed by atoms with Gasteiger partial charge in [-0.3, -0.25) is 19.3 Å². The highest BCUT2D eigenvalue weighted by Crippen LogP contribution is 2.44. The molecule has 1 aromatic heterocycles. The summed E-state index contributed by atoms with van der Waals surface area (Å²) in [6.45, 7) is 12.2. The van der Waals surface area contributed by atoms with Crippen LogP contribution in [0.2, 0.25) is 0 Å². The Kier molecular flexibility index (Phi) is 7.39. The Morgan fingerprint density at radius 3 is 2.68 bits per heavy atom. The van der Waals surface area contributed by atoms with Gasteiger partial charge in [-0.1, -0.05) is 30.5 Å². The normalized spacial score (nSPS) is 26.2. The van der Waals surface area contributed by atoms with Gasteiger partial charge in [-0.15, -0.1) is 23.1 Å². The quantitative estimate of drug-likeness (QED) is 0.113. The Morgan fingerprint density at radius 2 is 2.11 bits per heavy atom. The number of esters is 2. The first-order valence-electron chi connectivity index (χ1n) is 11.5. The number of hydrogen-bond donors (Lipinski definition) is 2. The number of nitrogens with one attached hydrogen (secondary N) is 1. The van der Waals surface area contributed by atoms with Crippen LogP contribution >= 0.6 is 23.1 Å². The fourth-order valence-corrected chi connectivity index (χ4v) is 6.19. The lowest BCUT2D eigenvalue weighted by atomic mass is 9.89. The Bertz CT molecular complexity index is 1290. The first-order valence-corrected chi connectivity index (χ1v) is 13.4. The van der Waals surface area contributed by atoms with Gasteiger partial charge in [0.2, 0.25) is 0 Å². The van der Waals surface area contributed by atoms with Crippen molar-refractivity contribution in [3.63, 3.8) is 0 Å². The number of oxime groups is 1.